The highest BCUT2D eigenvalue weighted by Crippen LogP contribution is 2.31. The number of ether oxygens (including phenoxy) is 2. The molecule has 1 rings (SSSR count). The molecule has 0 spiro atoms. The molecule has 0 aliphatic carbocycles. The van der Waals surface area contributed by atoms with Crippen molar-refractivity contribution in [3.8, 4) is 5.75 Å². The molecule has 0 fully saturated rings. The van der Waals surface area contributed by atoms with Gasteiger partial charge in [-0.05, 0) is 12.8 Å². The van der Waals surface area contributed by atoms with Gasteiger partial charge in [-0.25, -0.2) is 17.9 Å². The number of nitro groups is 1. The van der Waals surface area contributed by atoms with Crippen LogP contribution in [0.5, 0.6) is 5.75 Å². The number of hydrogen-bond donors (Lipinski definition) is 1. The zero-order valence-corrected chi connectivity index (χ0v) is 12.1. The molecule has 118 valence electrons. The number of sulfonamides is 1. The number of hydrogen-bond acceptors (Lipinski definition) is 6. The summed E-state index contributed by atoms with van der Waals surface area (Å²) in [7, 11) is -2.86. The summed E-state index contributed by atoms with van der Waals surface area (Å²) in [6.45, 7) is 0.614. The lowest BCUT2D eigenvalue weighted by Gasteiger charge is -2.08. The molecule has 0 amide bonds. The Kier molecular flexibility index (Phi) is 6.00. The summed E-state index contributed by atoms with van der Waals surface area (Å²) < 4.78 is 45.8. The Balaban J connectivity index is 2.99. The summed E-state index contributed by atoms with van der Waals surface area (Å²) in [4.78, 5) is 9.09. The van der Waals surface area contributed by atoms with Crippen LogP contribution >= 0.6 is 0 Å². The van der Waals surface area contributed by atoms with Crippen LogP contribution in [0.25, 0.3) is 0 Å². The quantitative estimate of drug-likeness (QED) is 0.436. The van der Waals surface area contributed by atoms with Crippen molar-refractivity contribution in [1.29, 1.82) is 0 Å². The van der Waals surface area contributed by atoms with Gasteiger partial charge in [-0.1, -0.05) is 0 Å². The molecule has 8 nitrogen and oxygen atoms in total. The van der Waals surface area contributed by atoms with Crippen LogP contribution in [-0.4, -0.2) is 33.7 Å². The number of nitro benzene ring substituents is 1. The summed E-state index contributed by atoms with van der Waals surface area (Å²) in [5, 5.41) is 15.7. The minimum atomic E-state index is -4.39. The predicted octanol–water partition coefficient (Wildman–Crippen LogP) is 1.19. The molecule has 0 aliphatic rings. The third-order valence-electron chi connectivity index (χ3n) is 2.52. The minimum Gasteiger partial charge on any atom is -0.487 e. The Labute approximate surface area is 120 Å². The first-order chi connectivity index (χ1) is 9.77. The average molecular weight is 322 g/mol. The van der Waals surface area contributed by atoms with Gasteiger partial charge in [-0.15, -0.1) is 0 Å². The second-order valence-corrected chi connectivity index (χ2v) is 5.63. The summed E-state index contributed by atoms with van der Waals surface area (Å²) in [5.41, 5.74) is -0.660. The molecule has 10 heteroatoms. The highest BCUT2D eigenvalue weighted by atomic mass is 32.2. The molecule has 21 heavy (non-hydrogen) atoms. The normalized spacial score (nSPS) is 11.4. The van der Waals surface area contributed by atoms with E-state index in [1.54, 1.807) is 0 Å². The Morgan fingerprint density at radius 1 is 1.33 bits per heavy atom. The van der Waals surface area contributed by atoms with Crippen molar-refractivity contribution >= 4 is 15.7 Å². The molecule has 0 aliphatic heterocycles. The fourth-order valence-electron chi connectivity index (χ4n) is 1.53. The number of unbranched alkanes of at least 4 members (excludes halogenated alkanes) is 1. The van der Waals surface area contributed by atoms with Crippen LogP contribution in [0.1, 0.15) is 12.8 Å². The summed E-state index contributed by atoms with van der Waals surface area (Å²) in [5.74, 6) is -1.54. The van der Waals surface area contributed by atoms with Crippen LogP contribution in [0, 0.1) is 15.9 Å². The second-order valence-electron chi connectivity index (χ2n) is 4.10. The van der Waals surface area contributed by atoms with Crippen molar-refractivity contribution < 1.29 is 27.2 Å². The van der Waals surface area contributed by atoms with E-state index in [0.29, 0.717) is 31.6 Å². The fourth-order valence-corrected chi connectivity index (χ4v) is 2.14. The Morgan fingerprint density at radius 2 is 1.95 bits per heavy atom. The van der Waals surface area contributed by atoms with E-state index in [1.165, 1.54) is 7.11 Å². The van der Waals surface area contributed by atoms with Gasteiger partial charge in [0.15, 0.2) is 5.75 Å². The van der Waals surface area contributed by atoms with Crippen LogP contribution in [-0.2, 0) is 14.8 Å². The smallest absolute Gasteiger partial charge is 0.312 e. The van der Waals surface area contributed by atoms with E-state index in [2.05, 4.69) is 0 Å². The molecule has 0 radical (unpaired) electrons. The molecule has 1 aromatic carbocycles. The maximum Gasteiger partial charge on any atom is 0.312 e. The van der Waals surface area contributed by atoms with E-state index in [-0.39, 0.29) is 12.4 Å². The molecule has 0 saturated heterocycles. The highest BCUT2D eigenvalue weighted by Gasteiger charge is 2.24. The molecule has 0 saturated carbocycles. The first kappa shape index (κ1) is 17.3. The molecule has 1 aromatic rings. The van der Waals surface area contributed by atoms with Crippen LogP contribution in [0.15, 0.2) is 17.0 Å². The molecule has 0 bridgehead atoms. The molecular weight excluding hydrogens is 307 g/mol. The van der Waals surface area contributed by atoms with Gasteiger partial charge in [0.05, 0.1) is 11.5 Å². The van der Waals surface area contributed by atoms with E-state index in [9.17, 15) is 22.9 Å². The van der Waals surface area contributed by atoms with Crippen molar-refractivity contribution in [2.45, 2.75) is 17.7 Å². The van der Waals surface area contributed by atoms with Crippen molar-refractivity contribution in [2.75, 3.05) is 20.3 Å². The minimum absolute atomic E-state index is 0.109. The van der Waals surface area contributed by atoms with Crippen molar-refractivity contribution in [1.82, 2.24) is 0 Å². The molecular formula is C11H15FN2O6S. The second kappa shape index (κ2) is 7.29. The average Bonchev–Trinajstić information content (AvgIpc) is 2.36. The number of primary sulfonamides is 1. The van der Waals surface area contributed by atoms with Gasteiger partial charge in [-0.3, -0.25) is 10.1 Å². The van der Waals surface area contributed by atoms with Crippen LogP contribution in [0.3, 0.4) is 0 Å². The molecule has 2 N–H and O–H groups in total. The number of rotatable bonds is 8. The van der Waals surface area contributed by atoms with E-state index < -0.39 is 31.3 Å². The van der Waals surface area contributed by atoms with Crippen LogP contribution in [0.4, 0.5) is 10.1 Å². The summed E-state index contributed by atoms with van der Waals surface area (Å²) >= 11 is 0. The summed E-state index contributed by atoms with van der Waals surface area (Å²) in [6, 6.07) is 1.20. The molecule has 0 aromatic heterocycles. The Bertz CT molecular complexity index is 619. The largest absolute Gasteiger partial charge is 0.487 e. The topological polar surface area (TPSA) is 122 Å². The highest BCUT2D eigenvalue weighted by molar-refractivity contribution is 7.89. The van der Waals surface area contributed by atoms with Gasteiger partial charge in [-0.2, -0.15) is 0 Å². The van der Waals surface area contributed by atoms with Crippen LogP contribution < -0.4 is 9.88 Å². The number of nitrogens with zero attached hydrogens (tertiary/aromatic N) is 1. The number of methoxy groups -OCH3 is 1. The van der Waals surface area contributed by atoms with E-state index in [1.807, 2.05) is 0 Å². The van der Waals surface area contributed by atoms with E-state index in [0.717, 1.165) is 0 Å². The first-order valence-corrected chi connectivity index (χ1v) is 7.44. The van der Waals surface area contributed by atoms with Gasteiger partial charge in [0.25, 0.3) is 0 Å². The fraction of sp³-hybridized carbons (Fsp3) is 0.455. The molecule has 0 atom stereocenters. The summed E-state index contributed by atoms with van der Waals surface area (Å²) in [6.07, 6.45) is 1.21. The van der Waals surface area contributed by atoms with Crippen molar-refractivity contribution in [3.05, 3.63) is 28.1 Å². The van der Waals surface area contributed by atoms with E-state index >= 15 is 0 Å². The molecule has 0 heterocycles. The van der Waals surface area contributed by atoms with Gasteiger partial charge in [0.1, 0.15) is 10.7 Å². The maximum absolute atomic E-state index is 13.6. The predicted molar refractivity (Wildman–Crippen MR) is 71.0 cm³/mol. The van der Waals surface area contributed by atoms with E-state index in [4.69, 9.17) is 14.6 Å². The Morgan fingerprint density at radius 3 is 2.48 bits per heavy atom. The first-order valence-electron chi connectivity index (χ1n) is 5.90. The lowest BCUT2D eigenvalue weighted by atomic mass is 10.3. The third-order valence-corrected chi connectivity index (χ3v) is 3.44. The van der Waals surface area contributed by atoms with Gasteiger partial charge < -0.3 is 9.47 Å². The lowest BCUT2D eigenvalue weighted by molar-refractivity contribution is -0.386. The van der Waals surface area contributed by atoms with Crippen LogP contribution in [0.2, 0.25) is 0 Å². The van der Waals surface area contributed by atoms with Gasteiger partial charge >= 0.3 is 5.69 Å². The third kappa shape index (κ3) is 4.92. The number of halogens is 1. The zero-order chi connectivity index (χ0) is 16.0. The zero-order valence-electron chi connectivity index (χ0n) is 11.2. The van der Waals surface area contributed by atoms with Crippen molar-refractivity contribution in [3.63, 3.8) is 0 Å². The standard InChI is InChI=1S/C11H15FN2O6S/c1-19-4-2-3-5-20-10-6-8(12)11(21(13,17)18)7-9(10)14(15)16/h6-7H,2-5H2,1H3,(H2,13,17,18). The van der Waals surface area contributed by atoms with Crippen molar-refractivity contribution in [2.24, 2.45) is 5.14 Å². The number of benzene rings is 1. The van der Waals surface area contributed by atoms with Gasteiger partial charge in [0, 0.05) is 25.8 Å². The van der Waals surface area contributed by atoms with Gasteiger partial charge in [0.2, 0.25) is 10.0 Å². The molecule has 0 unspecified atom stereocenters. The monoisotopic (exact) mass is 322 g/mol. The SMILES string of the molecule is COCCCCOc1cc(F)c(S(N)(=O)=O)cc1[N+](=O)[O-]. The lowest BCUT2D eigenvalue weighted by Crippen LogP contribution is -2.15. The maximum atomic E-state index is 13.6. The number of nitrogens with two attached hydrogens (primary N) is 1. The Hall–Kier alpha value is -1.78.